The van der Waals surface area contributed by atoms with E-state index in [0.717, 1.165) is 5.56 Å². The van der Waals surface area contributed by atoms with Crippen molar-refractivity contribution in [2.75, 3.05) is 27.3 Å². The molecule has 0 saturated heterocycles. The maximum absolute atomic E-state index is 12.9. The molecule has 1 aromatic rings. The van der Waals surface area contributed by atoms with Gasteiger partial charge in [-0.15, -0.1) is 0 Å². The molecule has 0 fully saturated rings. The van der Waals surface area contributed by atoms with Gasteiger partial charge in [0.05, 0.1) is 19.9 Å². The predicted octanol–water partition coefficient (Wildman–Crippen LogP) is 2.59. The Balaban J connectivity index is 2.23. The molecule has 180 valence electrons. The number of methoxy groups -OCH3 is 2. The van der Waals surface area contributed by atoms with Crippen LogP contribution in [0.1, 0.15) is 50.0 Å². The Morgan fingerprint density at radius 3 is 2.64 bits per heavy atom. The highest BCUT2D eigenvalue weighted by Crippen LogP contribution is 2.53. The van der Waals surface area contributed by atoms with Crippen LogP contribution in [0.15, 0.2) is 48.8 Å². The largest absolute Gasteiger partial charge is 0.466 e. The Bertz CT molecular complexity index is 956. The summed E-state index contributed by atoms with van der Waals surface area (Å²) < 4.78 is 11.2. The first-order valence-corrected chi connectivity index (χ1v) is 11.3. The molecule has 33 heavy (non-hydrogen) atoms. The van der Waals surface area contributed by atoms with Gasteiger partial charge in [0.25, 0.3) is 0 Å². The first kappa shape index (κ1) is 24.8. The molecule has 0 aromatic carbocycles. The number of aliphatic hydroxyl groups excluding tert-OH is 1. The number of nitrogens with zero attached hydrogens (tertiary/aromatic N) is 2. The molecule has 2 aliphatic rings. The monoisotopic (exact) mass is 458 g/mol. The van der Waals surface area contributed by atoms with Gasteiger partial charge in [-0.25, -0.2) is 9.59 Å². The lowest BCUT2D eigenvalue weighted by molar-refractivity contribution is -0.195. The summed E-state index contributed by atoms with van der Waals surface area (Å²) in [5.41, 5.74) is -1.35. The molecule has 0 spiro atoms. The molecular formula is C25H34N2O6. The average Bonchev–Trinajstić information content (AvgIpc) is 2.93. The van der Waals surface area contributed by atoms with Gasteiger partial charge >= 0.3 is 11.9 Å². The third-order valence-corrected chi connectivity index (χ3v) is 6.92. The van der Waals surface area contributed by atoms with Gasteiger partial charge in [0, 0.05) is 43.4 Å². The van der Waals surface area contributed by atoms with Crippen LogP contribution in [-0.2, 0) is 31.2 Å². The number of fused-ring (bicyclic) bond motifs is 1. The third kappa shape index (κ3) is 4.91. The number of hydrogen-bond acceptors (Lipinski definition) is 7. The number of esters is 2. The second-order valence-electron chi connectivity index (χ2n) is 8.70. The van der Waals surface area contributed by atoms with Crippen molar-refractivity contribution in [3.63, 3.8) is 0 Å². The van der Waals surface area contributed by atoms with Gasteiger partial charge in [-0.1, -0.05) is 31.2 Å². The van der Waals surface area contributed by atoms with Crippen molar-refractivity contribution in [1.82, 2.24) is 9.47 Å². The van der Waals surface area contributed by atoms with Crippen LogP contribution in [0.4, 0.5) is 0 Å². The van der Waals surface area contributed by atoms with Gasteiger partial charge in [0.1, 0.15) is 6.10 Å². The fourth-order valence-corrected chi connectivity index (χ4v) is 5.01. The highest BCUT2D eigenvalue weighted by molar-refractivity contribution is 5.81. The van der Waals surface area contributed by atoms with Crippen molar-refractivity contribution in [3.8, 4) is 0 Å². The lowest BCUT2D eigenvalue weighted by Gasteiger charge is -2.49. The van der Waals surface area contributed by atoms with E-state index in [1.165, 1.54) is 24.9 Å². The van der Waals surface area contributed by atoms with Crippen molar-refractivity contribution >= 4 is 11.9 Å². The molecule has 1 aromatic heterocycles. The van der Waals surface area contributed by atoms with Crippen molar-refractivity contribution in [2.24, 2.45) is 5.41 Å². The van der Waals surface area contributed by atoms with Crippen LogP contribution in [0, 0.1) is 5.41 Å². The van der Waals surface area contributed by atoms with E-state index in [-0.39, 0.29) is 6.42 Å². The van der Waals surface area contributed by atoms with Crippen LogP contribution >= 0.6 is 0 Å². The molecule has 3 unspecified atom stereocenters. The van der Waals surface area contributed by atoms with Crippen LogP contribution in [0.5, 0.6) is 0 Å². The summed E-state index contributed by atoms with van der Waals surface area (Å²) in [6, 6.07) is 9.16. The zero-order valence-corrected chi connectivity index (χ0v) is 19.6. The summed E-state index contributed by atoms with van der Waals surface area (Å²) in [7, 11) is 2.60. The second-order valence-corrected chi connectivity index (χ2v) is 8.70. The molecule has 0 aliphatic carbocycles. The number of aromatic nitrogens is 1. The standard InChI is InChI=1S/C25H34N2O6/c1-4-24-13-9-14-26(17-12-20(28)32-2)16-11-19-10-7-5-6-8-15-27(21(19)22(24)29)25(31,18-24)23(30)33-3/h5-8,10,12,15,17,22,29,31H,4,9,11,13-14,16,18H2,1-3H3/b6-5?,10-7?,15-8?,17-12+,21-19?. The van der Waals surface area contributed by atoms with E-state index in [2.05, 4.69) is 4.90 Å². The molecular weight excluding hydrogens is 424 g/mol. The van der Waals surface area contributed by atoms with Crippen molar-refractivity contribution < 1.29 is 29.3 Å². The van der Waals surface area contributed by atoms with E-state index in [1.807, 2.05) is 25.1 Å². The van der Waals surface area contributed by atoms with Crippen LogP contribution in [0.3, 0.4) is 0 Å². The SMILES string of the molecule is CCC12CCCN(/C=C/C(=O)OC)CCc3ccccccn(c3C1O)C(O)(C(=O)OC)C2. The van der Waals surface area contributed by atoms with Gasteiger partial charge in [0.15, 0.2) is 0 Å². The minimum Gasteiger partial charge on any atom is -0.466 e. The quantitative estimate of drug-likeness (QED) is 0.528. The maximum atomic E-state index is 12.9. The lowest BCUT2D eigenvalue weighted by atomic mass is 9.66. The lowest BCUT2D eigenvalue weighted by Crippen LogP contribution is -2.54. The van der Waals surface area contributed by atoms with Crippen molar-refractivity contribution in [1.29, 1.82) is 0 Å². The summed E-state index contributed by atoms with van der Waals surface area (Å²) in [6.45, 7) is 3.22. The van der Waals surface area contributed by atoms with Gasteiger partial charge in [-0.05, 0) is 37.3 Å². The minimum absolute atomic E-state index is 0.0386. The number of carbonyl (C=O) groups excluding carboxylic acids is 2. The van der Waals surface area contributed by atoms with Crippen molar-refractivity contribution in [2.45, 2.75) is 50.9 Å². The molecule has 0 radical (unpaired) electrons. The number of rotatable bonds is 4. The van der Waals surface area contributed by atoms with Crippen LogP contribution in [0.2, 0.25) is 0 Å². The normalized spacial score (nSPS) is 26.9. The summed E-state index contributed by atoms with van der Waals surface area (Å²) in [4.78, 5) is 26.6. The Morgan fingerprint density at radius 1 is 1.18 bits per heavy atom. The van der Waals surface area contributed by atoms with Gasteiger partial charge in [-0.2, -0.15) is 0 Å². The zero-order valence-electron chi connectivity index (χ0n) is 19.6. The average molecular weight is 459 g/mol. The topological polar surface area (TPSA) is 101 Å². The van der Waals surface area contributed by atoms with E-state index in [9.17, 15) is 19.8 Å². The molecule has 3 atom stereocenters. The fourth-order valence-electron chi connectivity index (χ4n) is 5.01. The maximum Gasteiger partial charge on any atom is 0.359 e. The van der Waals surface area contributed by atoms with Crippen LogP contribution in [-0.4, -0.2) is 58.9 Å². The third-order valence-electron chi connectivity index (χ3n) is 6.92. The molecule has 2 bridgehead atoms. The van der Waals surface area contributed by atoms with E-state index < -0.39 is 29.2 Å². The number of aliphatic hydroxyl groups is 2. The zero-order chi connectivity index (χ0) is 24.1. The molecule has 0 saturated carbocycles. The molecule has 8 heteroatoms. The van der Waals surface area contributed by atoms with E-state index >= 15 is 0 Å². The highest BCUT2D eigenvalue weighted by Gasteiger charge is 2.55. The Labute approximate surface area is 194 Å². The summed E-state index contributed by atoms with van der Waals surface area (Å²) >= 11 is 0. The molecule has 0 amide bonds. The summed E-state index contributed by atoms with van der Waals surface area (Å²) in [5.74, 6) is -1.17. The number of ether oxygens (including phenoxy) is 2. The number of carbonyl (C=O) groups is 2. The Hall–Kier alpha value is -2.84. The molecule has 8 nitrogen and oxygen atoms in total. The fraction of sp³-hybridized carbons (Fsp3) is 0.520. The second kappa shape index (κ2) is 10.4. The first-order chi connectivity index (χ1) is 15.8. The van der Waals surface area contributed by atoms with Crippen LogP contribution < -0.4 is 0 Å². The molecule has 2 N–H and O–H groups in total. The van der Waals surface area contributed by atoms with Gasteiger partial charge in [0.2, 0.25) is 5.72 Å². The Kier molecular flexibility index (Phi) is 7.81. The molecule has 3 rings (SSSR count). The summed E-state index contributed by atoms with van der Waals surface area (Å²) in [6.07, 6.45) is 6.34. The van der Waals surface area contributed by atoms with Crippen LogP contribution in [0.25, 0.3) is 0 Å². The van der Waals surface area contributed by atoms with E-state index in [0.29, 0.717) is 44.5 Å². The first-order valence-electron chi connectivity index (χ1n) is 11.3. The van der Waals surface area contributed by atoms with Crippen molar-refractivity contribution in [3.05, 3.63) is 60.1 Å². The van der Waals surface area contributed by atoms with Gasteiger partial charge < -0.3 is 29.2 Å². The van der Waals surface area contributed by atoms with Gasteiger partial charge in [-0.3, -0.25) is 0 Å². The van der Waals surface area contributed by atoms with E-state index in [4.69, 9.17) is 9.47 Å². The molecule has 2 aliphatic heterocycles. The van der Waals surface area contributed by atoms with E-state index in [1.54, 1.807) is 24.5 Å². The highest BCUT2D eigenvalue weighted by atomic mass is 16.5. The summed E-state index contributed by atoms with van der Waals surface area (Å²) in [5, 5.41) is 23.4. The minimum atomic E-state index is -1.93. The number of hydrogen-bond donors (Lipinski definition) is 2. The predicted molar refractivity (Wildman–Crippen MR) is 122 cm³/mol. The Morgan fingerprint density at radius 2 is 1.94 bits per heavy atom. The smallest absolute Gasteiger partial charge is 0.359 e. The molecule has 3 heterocycles.